The van der Waals surface area contributed by atoms with Crippen molar-refractivity contribution in [3.63, 3.8) is 0 Å². The molecule has 2 aliphatic rings. The first kappa shape index (κ1) is 15.8. The Hall–Kier alpha value is -0.0900. The minimum Gasteiger partial charge on any atom is -0.308 e. The minimum atomic E-state index is 0.376. The summed E-state index contributed by atoms with van der Waals surface area (Å²) < 4.78 is 0.906. The predicted molar refractivity (Wildman–Crippen MR) is 92.3 cm³/mol. The molecule has 2 nitrogen and oxygen atoms in total. The van der Waals surface area contributed by atoms with Gasteiger partial charge in [0, 0.05) is 35.6 Å². The first-order valence-corrected chi connectivity index (χ1v) is 9.46. The Morgan fingerprint density at radius 1 is 1.29 bits per heavy atom. The van der Waals surface area contributed by atoms with Gasteiger partial charge in [-0.1, -0.05) is 38.3 Å². The van der Waals surface area contributed by atoms with Crippen LogP contribution in [0.5, 0.6) is 0 Å². The Labute approximate surface area is 137 Å². The smallest absolute Gasteiger partial charge is 0.0931 e. The van der Waals surface area contributed by atoms with Gasteiger partial charge in [-0.15, -0.1) is 11.3 Å². The lowest BCUT2D eigenvalue weighted by Gasteiger charge is -2.50. The van der Waals surface area contributed by atoms with Gasteiger partial charge in [-0.05, 0) is 37.8 Å². The number of piperazine rings is 1. The normalized spacial score (nSPS) is 27.6. The average molecular weight is 327 g/mol. The van der Waals surface area contributed by atoms with Gasteiger partial charge in [0.15, 0.2) is 0 Å². The Kier molecular flexibility index (Phi) is 4.66. The molecule has 1 aliphatic carbocycles. The van der Waals surface area contributed by atoms with Crippen molar-refractivity contribution in [2.45, 2.75) is 64.1 Å². The first-order valence-electron chi connectivity index (χ1n) is 8.27. The van der Waals surface area contributed by atoms with Crippen molar-refractivity contribution >= 4 is 22.9 Å². The SMILES string of the molecule is CC(C)C1CNC2(CCCC2)CN1C(C)c1ccc(Cl)s1. The van der Waals surface area contributed by atoms with Crippen LogP contribution in [-0.2, 0) is 0 Å². The van der Waals surface area contributed by atoms with E-state index in [0.29, 0.717) is 23.5 Å². The van der Waals surface area contributed by atoms with Gasteiger partial charge < -0.3 is 5.32 Å². The fraction of sp³-hybridized carbons (Fsp3) is 0.765. The topological polar surface area (TPSA) is 15.3 Å². The fourth-order valence-corrected chi connectivity index (χ4v) is 5.24. The molecule has 1 saturated heterocycles. The second kappa shape index (κ2) is 6.19. The van der Waals surface area contributed by atoms with Crippen LogP contribution in [0, 0.1) is 5.92 Å². The maximum absolute atomic E-state index is 6.15. The van der Waals surface area contributed by atoms with E-state index in [0.717, 1.165) is 10.9 Å². The van der Waals surface area contributed by atoms with Crippen LogP contribution in [0.1, 0.15) is 57.4 Å². The van der Waals surface area contributed by atoms with Gasteiger partial charge in [0.1, 0.15) is 0 Å². The molecule has 2 unspecified atom stereocenters. The highest BCUT2D eigenvalue weighted by molar-refractivity contribution is 7.16. The highest BCUT2D eigenvalue weighted by atomic mass is 35.5. The Balaban J connectivity index is 1.83. The number of hydrogen-bond acceptors (Lipinski definition) is 3. The van der Waals surface area contributed by atoms with Crippen LogP contribution < -0.4 is 5.32 Å². The Morgan fingerprint density at radius 2 is 2.00 bits per heavy atom. The zero-order valence-corrected chi connectivity index (χ0v) is 14.9. The van der Waals surface area contributed by atoms with Crippen LogP contribution in [0.4, 0.5) is 0 Å². The van der Waals surface area contributed by atoms with E-state index >= 15 is 0 Å². The molecule has 2 fully saturated rings. The van der Waals surface area contributed by atoms with Crippen molar-refractivity contribution in [1.29, 1.82) is 0 Å². The quantitative estimate of drug-likeness (QED) is 0.865. The van der Waals surface area contributed by atoms with Crippen molar-refractivity contribution in [3.05, 3.63) is 21.3 Å². The van der Waals surface area contributed by atoms with E-state index in [-0.39, 0.29) is 0 Å². The molecule has 1 aromatic rings. The molecule has 1 aromatic heterocycles. The molecule has 1 spiro atoms. The monoisotopic (exact) mass is 326 g/mol. The zero-order chi connectivity index (χ0) is 15.0. The Morgan fingerprint density at radius 3 is 2.57 bits per heavy atom. The van der Waals surface area contributed by atoms with Crippen LogP contribution >= 0.6 is 22.9 Å². The summed E-state index contributed by atoms with van der Waals surface area (Å²) in [5, 5.41) is 3.90. The molecule has 1 saturated carbocycles. The summed E-state index contributed by atoms with van der Waals surface area (Å²) >= 11 is 7.89. The second-order valence-electron chi connectivity index (χ2n) is 7.17. The number of rotatable bonds is 3. The number of hydrogen-bond donors (Lipinski definition) is 1. The molecule has 1 N–H and O–H groups in total. The maximum Gasteiger partial charge on any atom is 0.0931 e. The molecular weight excluding hydrogens is 300 g/mol. The fourth-order valence-electron chi connectivity index (χ4n) is 4.11. The molecule has 3 rings (SSSR count). The van der Waals surface area contributed by atoms with Gasteiger partial charge in [-0.3, -0.25) is 4.90 Å². The third-order valence-electron chi connectivity index (χ3n) is 5.43. The summed E-state index contributed by atoms with van der Waals surface area (Å²) in [6.45, 7) is 9.36. The van der Waals surface area contributed by atoms with Crippen molar-refractivity contribution in [3.8, 4) is 0 Å². The molecule has 21 heavy (non-hydrogen) atoms. The lowest BCUT2D eigenvalue weighted by Crippen LogP contribution is -2.64. The lowest BCUT2D eigenvalue weighted by atomic mass is 9.88. The molecule has 4 heteroatoms. The van der Waals surface area contributed by atoms with Crippen LogP contribution in [0.15, 0.2) is 12.1 Å². The number of thiophene rings is 1. The maximum atomic E-state index is 6.15. The standard InChI is InChI=1S/C17H27ClN2S/c1-12(2)14-10-19-17(8-4-5-9-17)11-20(14)13(3)15-6-7-16(18)21-15/h6-7,12-14,19H,4-5,8-11H2,1-3H3. The van der Waals surface area contributed by atoms with Crippen molar-refractivity contribution in [2.24, 2.45) is 5.92 Å². The number of nitrogens with one attached hydrogen (secondary N) is 1. The van der Waals surface area contributed by atoms with Crippen LogP contribution in [0.25, 0.3) is 0 Å². The summed E-state index contributed by atoms with van der Waals surface area (Å²) in [5.74, 6) is 0.675. The predicted octanol–water partition coefficient (Wildman–Crippen LogP) is 4.71. The van der Waals surface area contributed by atoms with E-state index in [4.69, 9.17) is 11.6 Å². The molecular formula is C17H27ClN2S. The van der Waals surface area contributed by atoms with E-state index in [9.17, 15) is 0 Å². The van der Waals surface area contributed by atoms with Crippen LogP contribution in [0.2, 0.25) is 4.34 Å². The second-order valence-corrected chi connectivity index (χ2v) is 8.92. The summed E-state index contributed by atoms with van der Waals surface area (Å²) in [6.07, 6.45) is 5.44. The zero-order valence-electron chi connectivity index (χ0n) is 13.4. The van der Waals surface area contributed by atoms with Gasteiger partial charge >= 0.3 is 0 Å². The van der Waals surface area contributed by atoms with Crippen LogP contribution in [0.3, 0.4) is 0 Å². The van der Waals surface area contributed by atoms with Crippen molar-refractivity contribution in [1.82, 2.24) is 10.2 Å². The summed E-state index contributed by atoms with van der Waals surface area (Å²) in [4.78, 5) is 4.15. The molecule has 1 aliphatic heterocycles. The average Bonchev–Trinajstić information content (AvgIpc) is 3.07. The summed E-state index contributed by atoms with van der Waals surface area (Å²) in [6, 6.07) is 5.33. The highest BCUT2D eigenvalue weighted by Crippen LogP contribution is 2.39. The summed E-state index contributed by atoms with van der Waals surface area (Å²) in [5.41, 5.74) is 0.376. The minimum absolute atomic E-state index is 0.376. The van der Waals surface area contributed by atoms with E-state index in [2.05, 4.69) is 37.1 Å². The van der Waals surface area contributed by atoms with Crippen molar-refractivity contribution < 1.29 is 0 Å². The third kappa shape index (κ3) is 3.17. The molecule has 0 amide bonds. The Bertz CT molecular complexity index is 479. The van der Waals surface area contributed by atoms with E-state index in [1.54, 1.807) is 11.3 Å². The van der Waals surface area contributed by atoms with Gasteiger partial charge in [-0.2, -0.15) is 0 Å². The largest absolute Gasteiger partial charge is 0.308 e. The molecule has 2 heterocycles. The van der Waals surface area contributed by atoms with Gasteiger partial charge in [0.05, 0.1) is 4.34 Å². The van der Waals surface area contributed by atoms with Gasteiger partial charge in [0.25, 0.3) is 0 Å². The third-order valence-corrected chi connectivity index (χ3v) is 6.83. The highest BCUT2D eigenvalue weighted by Gasteiger charge is 2.43. The van der Waals surface area contributed by atoms with Crippen molar-refractivity contribution in [2.75, 3.05) is 13.1 Å². The van der Waals surface area contributed by atoms with Gasteiger partial charge in [0.2, 0.25) is 0 Å². The molecule has 0 aromatic carbocycles. The first-order chi connectivity index (χ1) is 10.0. The molecule has 0 radical (unpaired) electrons. The molecule has 2 atom stereocenters. The van der Waals surface area contributed by atoms with E-state index in [1.165, 1.54) is 37.1 Å². The van der Waals surface area contributed by atoms with E-state index < -0.39 is 0 Å². The summed E-state index contributed by atoms with van der Waals surface area (Å²) in [7, 11) is 0. The van der Waals surface area contributed by atoms with E-state index in [1.807, 2.05) is 6.07 Å². The molecule has 0 bridgehead atoms. The lowest BCUT2D eigenvalue weighted by molar-refractivity contribution is 0.0278. The van der Waals surface area contributed by atoms with Crippen LogP contribution in [-0.4, -0.2) is 29.6 Å². The number of nitrogens with zero attached hydrogens (tertiary/aromatic N) is 1. The molecule has 118 valence electrons. The number of halogens is 1. The van der Waals surface area contributed by atoms with Gasteiger partial charge in [-0.25, -0.2) is 0 Å².